The molecular formula is C22H24ClFN4O2. The number of rotatable bonds is 4. The molecule has 158 valence electrons. The number of likely N-dealkylation sites (tertiary alicyclic amines) is 1. The zero-order chi connectivity index (χ0) is 20.4. The van der Waals surface area contributed by atoms with Crippen molar-refractivity contribution >= 4 is 18.3 Å². The Kier molecular flexibility index (Phi) is 6.53. The van der Waals surface area contributed by atoms with Crippen molar-refractivity contribution in [1.29, 1.82) is 0 Å². The lowest BCUT2D eigenvalue weighted by Crippen LogP contribution is -2.53. The number of nitrogens with two attached hydrogens (primary N) is 1. The van der Waals surface area contributed by atoms with E-state index in [2.05, 4.69) is 10.1 Å². The summed E-state index contributed by atoms with van der Waals surface area (Å²) in [6.45, 7) is 2.87. The second-order valence-corrected chi connectivity index (χ2v) is 7.62. The first-order chi connectivity index (χ1) is 13.9. The molecule has 2 atom stereocenters. The molecule has 2 N–H and O–H groups in total. The summed E-state index contributed by atoms with van der Waals surface area (Å²) in [4.78, 5) is 19.4. The number of hydrogen-bond donors (Lipinski definition) is 1. The summed E-state index contributed by atoms with van der Waals surface area (Å²) < 4.78 is 18.6. The summed E-state index contributed by atoms with van der Waals surface area (Å²) in [6.07, 6.45) is 1.68. The van der Waals surface area contributed by atoms with Crippen LogP contribution < -0.4 is 5.73 Å². The van der Waals surface area contributed by atoms with Gasteiger partial charge in [-0.15, -0.1) is 12.4 Å². The number of hydrogen-bond acceptors (Lipinski definition) is 5. The molecule has 1 aromatic heterocycles. The average molecular weight is 431 g/mol. The predicted molar refractivity (Wildman–Crippen MR) is 113 cm³/mol. The van der Waals surface area contributed by atoms with Crippen molar-refractivity contribution < 1.29 is 13.7 Å². The number of nitrogens with zero attached hydrogens (tertiary/aromatic N) is 3. The average Bonchev–Trinajstić information content (AvgIpc) is 3.25. The van der Waals surface area contributed by atoms with Crippen LogP contribution in [0.25, 0.3) is 11.4 Å². The van der Waals surface area contributed by atoms with Crippen LogP contribution in [-0.2, 0) is 10.3 Å². The second kappa shape index (κ2) is 8.93. The Morgan fingerprint density at radius 2 is 1.90 bits per heavy atom. The van der Waals surface area contributed by atoms with E-state index in [9.17, 15) is 9.18 Å². The summed E-state index contributed by atoms with van der Waals surface area (Å²) in [6, 6.07) is 15.3. The van der Waals surface area contributed by atoms with Crippen molar-refractivity contribution in [3.05, 3.63) is 71.9 Å². The topological polar surface area (TPSA) is 85.3 Å². The van der Waals surface area contributed by atoms with E-state index in [4.69, 9.17) is 10.3 Å². The fourth-order valence-corrected chi connectivity index (χ4v) is 3.72. The van der Waals surface area contributed by atoms with Crippen molar-refractivity contribution in [3.63, 3.8) is 0 Å². The van der Waals surface area contributed by atoms with Gasteiger partial charge in [-0.1, -0.05) is 35.5 Å². The lowest BCUT2D eigenvalue weighted by molar-refractivity contribution is -0.138. The third kappa shape index (κ3) is 4.37. The second-order valence-electron chi connectivity index (χ2n) is 7.62. The standard InChI is InChI=1S/C22H23FN4O2.ClH/c1-22(24,17-7-3-2-4-8-17)21(28)27-13-5-6-16(14-27)20-25-19(26-29-20)15-9-11-18(23)12-10-15;/h2-4,7-12,16H,5-6,13-14,24H2,1H3;1H. The number of amides is 1. The monoisotopic (exact) mass is 430 g/mol. The maximum atomic E-state index is 13.2. The maximum absolute atomic E-state index is 13.2. The van der Waals surface area contributed by atoms with Gasteiger partial charge in [-0.3, -0.25) is 4.79 Å². The van der Waals surface area contributed by atoms with Gasteiger partial charge in [-0.2, -0.15) is 4.98 Å². The smallest absolute Gasteiger partial charge is 0.246 e. The first-order valence-electron chi connectivity index (χ1n) is 9.68. The van der Waals surface area contributed by atoms with E-state index in [1.54, 1.807) is 24.0 Å². The fraction of sp³-hybridized carbons (Fsp3) is 0.318. The molecule has 1 aliphatic rings. The maximum Gasteiger partial charge on any atom is 0.246 e. The minimum Gasteiger partial charge on any atom is -0.340 e. The highest BCUT2D eigenvalue weighted by Gasteiger charge is 2.37. The van der Waals surface area contributed by atoms with Crippen LogP contribution in [-0.4, -0.2) is 34.0 Å². The van der Waals surface area contributed by atoms with Crippen LogP contribution in [0.2, 0.25) is 0 Å². The summed E-state index contributed by atoms with van der Waals surface area (Å²) in [5, 5.41) is 4.02. The Labute approximate surface area is 180 Å². The van der Waals surface area contributed by atoms with E-state index in [0.717, 1.165) is 18.4 Å². The SMILES string of the molecule is CC(N)(C(=O)N1CCCC(c2nc(-c3ccc(F)cc3)no2)C1)c1ccccc1.Cl. The van der Waals surface area contributed by atoms with E-state index in [1.807, 2.05) is 30.3 Å². The molecule has 6 nitrogen and oxygen atoms in total. The Balaban J connectivity index is 0.00000256. The van der Waals surface area contributed by atoms with E-state index in [-0.39, 0.29) is 30.0 Å². The molecule has 4 rings (SSSR count). The molecule has 0 aliphatic carbocycles. The van der Waals surface area contributed by atoms with E-state index < -0.39 is 5.54 Å². The highest BCUT2D eigenvalue weighted by Crippen LogP contribution is 2.30. The number of piperidine rings is 1. The summed E-state index contributed by atoms with van der Waals surface area (Å²) in [5.41, 5.74) is 6.78. The molecule has 2 unspecified atom stereocenters. The zero-order valence-corrected chi connectivity index (χ0v) is 17.4. The normalized spacial score (nSPS) is 18.4. The summed E-state index contributed by atoms with van der Waals surface area (Å²) in [7, 11) is 0. The van der Waals surface area contributed by atoms with Gasteiger partial charge < -0.3 is 15.2 Å². The van der Waals surface area contributed by atoms with Gasteiger partial charge >= 0.3 is 0 Å². The van der Waals surface area contributed by atoms with Crippen LogP contribution >= 0.6 is 12.4 Å². The predicted octanol–water partition coefficient (Wildman–Crippen LogP) is 3.88. The van der Waals surface area contributed by atoms with Gasteiger partial charge in [0.05, 0.1) is 5.92 Å². The molecule has 30 heavy (non-hydrogen) atoms. The number of benzene rings is 2. The van der Waals surface area contributed by atoms with Gasteiger partial charge in [0.15, 0.2) is 0 Å². The first kappa shape index (κ1) is 21.9. The molecule has 2 heterocycles. The third-order valence-electron chi connectivity index (χ3n) is 5.42. The number of carbonyl (C=O) groups excluding carboxylic acids is 1. The lowest BCUT2D eigenvalue weighted by Gasteiger charge is -2.36. The first-order valence-corrected chi connectivity index (χ1v) is 9.68. The molecule has 0 saturated carbocycles. The number of aromatic nitrogens is 2. The Morgan fingerprint density at radius 3 is 2.60 bits per heavy atom. The highest BCUT2D eigenvalue weighted by molar-refractivity contribution is 5.87. The molecule has 1 amide bonds. The minimum absolute atomic E-state index is 0. The van der Waals surface area contributed by atoms with Crippen LogP contribution in [0, 0.1) is 5.82 Å². The Morgan fingerprint density at radius 1 is 1.20 bits per heavy atom. The van der Waals surface area contributed by atoms with E-state index in [1.165, 1.54) is 12.1 Å². The van der Waals surface area contributed by atoms with Gasteiger partial charge in [-0.25, -0.2) is 4.39 Å². The largest absolute Gasteiger partial charge is 0.340 e. The molecule has 1 fully saturated rings. The van der Waals surface area contributed by atoms with Crippen LogP contribution in [0.3, 0.4) is 0 Å². The number of halogens is 2. The zero-order valence-electron chi connectivity index (χ0n) is 16.6. The number of carbonyl (C=O) groups is 1. The van der Waals surface area contributed by atoms with Crippen LogP contribution in [0.4, 0.5) is 4.39 Å². The van der Waals surface area contributed by atoms with Gasteiger partial charge in [0.1, 0.15) is 11.4 Å². The van der Waals surface area contributed by atoms with Crippen molar-refractivity contribution in [2.75, 3.05) is 13.1 Å². The molecule has 8 heteroatoms. The molecule has 2 aromatic carbocycles. The van der Waals surface area contributed by atoms with Crippen LogP contribution in [0.1, 0.15) is 37.1 Å². The molecule has 1 saturated heterocycles. The minimum atomic E-state index is -1.10. The molecule has 0 bridgehead atoms. The molecule has 0 radical (unpaired) electrons. The molecular weight excluding hydrogens is 407 g/mol. The molecule has 3 aromatic rings. The fourth-order valence-electron chi connectivity index (χ4n) is 3.72. The van der Waals surface area contributed by atoms with Crippen LogP contribution in [0.5, 0.6) is 0 Å². The van der Waals surface area contributed by atoms with Gasteiger partial charge in [0, 0.05) is 18.7 Å². The molecule has 1 aliphatic heterocycles. The van der Waals surface area contributed by atoms with Crippen molar-refractivity contribution in [1.82, 2.24) is 15.0 Å². The van der Waals surface area contributed by atoms with Crippen LogP contribution in [0.15, 0.2) is 59.1 Å². The van der Waals surface area contributed by atoms with Crippen molar-refractivity contribution in [2.45, 2.75) is 31.2 Å². The van der Waals surface area contributed by atoms with Gasteiger partial charge in [0.2, 0.25) is 17.6 Å². The molecule has 0 spiro atoms. The third-order valence-corrected chi connectivity index (χ3v) is 5.42. The summed E-state index contributed by atoms with van der Waals surface area (Å²) >= 11 is 0. The van der Waals surface area contributed by atoms with Gasteiger partial charge in [0.25, 0.3) is 0 Å². The Bertz CT molecular complexity index is 992. The quantitative estimate of drug-likeness (QED) is 0.678. The Hall–Kier alpha value is -2.77. The van der Waals surface area contributed by atoms with Crippen molar-refractivity contribution in [2.24, 2.45) is 5.73 Å². The summed E-state index contributed by atoms with van der Waals surface area (Å²) in [5.74, 6) is 0.409. The van der Waals surface area contributed by atoms with Crippen molar-refractivity contribution in [3.8, 4) is 11.4 Å². The van der Waals surface area contributed by atoms with Gasteiger partial charge in [-0.05, 0) is 49.6 Å². The lowest BCUT2D eigenvalue weighted by atomic mass is 9.89. The van der Waals surface area contributed by atoms with E-state index >= 15 is 0 Å². The van der Waals surface area contributed by atoms with E-state index in [0.29, 0.717) is 30.4 Å². The highest BCUT2D eigenvalue weighted by atomic mass is 35.5.